The van der Waals surface area contributed by atoms with Crippen molar-refractivity contribution in [2.75, 3.05) is 0 Å². The first-order chi connectivity index (χ1) is 6.97. The molecule has 2 nitrogen and oxygen atoms in total. The molecule has 1 rings (SSSR count). The predicted molar refractivity (Wildman–Crippen MR) is 63.9 cm³/mol. The van der Waals surface area contributed by atoms with Gasteiger partial charge in [-0.25, -0.2) is 0 Å². The van der Waals surface area contributed by atoms with Gasteiger partial charge in [0.05, 0.1) is 0 Å². The number of piperidine rings is 1. The first kappa shape index (κ1) is 12.7. The average molecular weight is 211 g/mol. The number of hydrogen-bond donors (Lipinski definition) is 1. The molecule has 0 aliphatic carbocycles. The van der Waals surface area contributed by atoms with Gasteiger partial charge in [0.2, 0.25) is 0 Å². The molecule has 1 aliphatic rings. The van der Waals surface area contributed by atoms with Crippen LogP contribution in [0.25, 0.3) is 0 Å². The molecular weight excluding hydrogens is 186 g/mol. The Balaban J connectivity index is 2.77. The summed E-state index contributed by atoms with van der Waals surface area (Å²) in [4.78, 5) is 10.7. The lowest BCUT2D eigenvalue weighted by Gasteiger charge is -2.49. The van der Waals surface area contributed by atoms with Crippen molar-refractivity contribution in [3.05, 3.63) is 0 Å². The zero-order valence-corrected chi connectivity index (χ0v) is 10.6. The summed E-state index contributed by atoms with van der Waals surface area (Å²) in [5.41, 5.74) is 0.438. The molecule has 0 aromatic heterocycles. The van der Waals surface area contributed by atoms with Crippen molar-refractivity contribution in [2.45, 2.75) is 70.9 Å². The van der Waals surface area contributed by atoms with Crippen LogP contribution in [0, 0.1) is 5.92 Å². The first-order valence-corrected chi connectivity index (χ1v) is 6.20. The molecule has 2 unspecified atom stereocenters. The van der Waals surface area contributed by atoms with Crippen LogP contribution in [0.15, 0.2) is 0 Å². The molecule has 2 heteroatoms. The summed E-state index contributed by atoms with van der Waals surface area (Å²) in [7, 11) is 0. The Morgan fingerprint density at radius 1 is 1.20 bits per heavy atom. The highest BCUT2D eigenvalue weighted by atomic mass is 16.1. The molecule has 0 aromatic rings. The summed E-state index contributed by atoms with van der Waals surface area (Å²) < 4.78 is 0. The maximum Gasteiger partial charge on any atom is 0.120 e. The molecule has 0 spiro atoms. The van der Waals surface area contributed by atoms with E-state index in [0.29, 0.717) is 5.92 Å². The van der Waals surface area contributed by atoms with Gasteiger partial charge in [0, 0.05) is 17.5 Å². The minimum atomic E-state index is 0.219. The van der Waals surface area contributed by atoms with Gasteiger partial charge in [-0.3, -0.25) is 0 Å². The summed E-state index contributed by atoms with van der Waals surface area (Å²) in [6, 6.07) is 0. The standard InChI is InChI=1S/C13H25NO/c1-5-12(3)9-11(7-8-15)10-13(4,6-2)14-12/h8,11,14H,5-7,9-10H2,1-4H3. The van der Waals surface area contributed by atoms with Gasteiger partial charge in [0.1, 0.15) is 6.29 Å². The van der Waals surface area contributed by atoms with E-state index in [1.807, 2.05) is 0 Å². The number of nitrogens with one attached hydrogen (secondary N) is 1. The van der Waals surface area contributed by atoms with Crippen molar-refractivity contribution in [1.82, 2.24) is 5.32 Å². The second-order valence-electron chi connectivity index (χ2n) is 5.63. The molecule has 1 fully saturated rings. The van der Waals surface area contributed by atoms with E-state index in [-0.39, 0.29) is 11.1 Å². The third kappa shape index (κ3) is 3.04. The monoisotopic (exact) mass is 211 g/mol. The van der Waals surface area contributed by atoms with Gasteiger partial charge in [-0.15, -0.1) is 0 Å². The van der Waals surface area contributed by atoms with Crippen LogP contribution in [-0.2, 0) is 4.79 Å². The first-order valence-electron chi connectivity index (χ1n) is 6.20. The summed E-state index contributed by atoms with van der Waals surface area (Å²) >= 11 is 0. The lowest BCUT2D eigenvalue weighted by molar-refractivity contribution is -0.109. The molecule has 2 atom stereocenters. The Morgan fingerprint density at radius 2 is 1.67 bits per heavy atom. The number of aldehydes is 1. The normalized spacial score (nSPS) is 41.5. The Morgan fingerprint density at radius 3 is 2.00 bits per heavy atom. The maximum absolute atomic E-state index is 10.7. The van der Waals surface area contributed by atoms with E-state index in [1.54, 1.807) is 0 Å². The fourth-order valence-electron chi connectivity index (χ4n) is 2.95. The highest BCUT2D eigenvalue weighted by molar-refractivity contribution is 5.49. The minimum absolute atomic E-state index is 0.219. The highest BCUT2D eigenvalue weighted by Crippen LogP contribution is 2.37. The smallest absolute Gasteiger partial charge is 0.120 e. The Hall–Kier alpha value is -0.370. The van der Waals surface area contributed by atoms with E-state index in [2.05, 4.69) is 33.0 Å². The quantitative estimate of drug-likeness (QED) is 0.724. The van der Waals surface area contributed by atoms with Crippen LogP contribution in [0.3, 0.4) is 0 Å². The van der Waals surface area contributed by atoms with Crippen LogP contribution in [0.2, 0.25) is 0 Å². The number of rotatable bonds is 4. The van der Waals surface area contributed by atoms with E-state index in [0.717, 1.165) is 38.4 Å². The van der Waals surface area contributed by atoms with Crippen molar-refractivity contribution in [2.24, 2.45) is 5.92 Å². The van der Waals surface area contributed by atoms with Crippen molar-refractivity contribution in [1.29, 1.82) is 0 Å². The molecule has 88 valence electrons. The largest absolute Gasteiger partial charge is 0.306 e. The molecular formula is C13H25NO. The third-order valence-electron chi connectivity index (χ3n) is 4.07. The fourth-order valence-corrected chi connectivity index (χ4v) is 2.95. The SMILES string of the molecule is CCC1(C)CC(CC=O)CC(C)(CC)N1. The summed E-state index contributed by atoms with van der Waals surface area (Å²) in [5, 5.41) is 3.78. The Kier molecular flexibility index (Phi) is 3.93. The molecule has 0 bridgehead atoms. The van der Waals surface area contributed by atoms with Gasteiger partial charge in [0.15, 0.2) is 0 Å². The Labute approximate surface area is 93.8 Å². The van der Waals surface area contributed by atoms with Crippen molar-refractivity contribution < 1.29 is 4.79 Å². The van der Waals surface area contributed by atoms with E-state index in [1.165, 1.54) is 0 Å². The molecule has 0 radical (unpaired) electrons. The van der Waals surface area contributed by atoms with Crippen molar-refractivity contribution in [3.8, 4) is 0 Å². The topological polar surface area (TPSA) is 29.1 Å². The number of hydrogen-bond acceptors (Lipinski definition) is 2. The fraction of sp³-hybridized carbons (Fsp3) is 0.923. The summed E-state index contributed by atoms with van der Waals surface area (Å²) in [6.45, 7) is 9.04. The Bertz CT molecular complexity index is 211. The minimum Gasteiger partial charge on any atom is -0.306 e. The van der Waals surface area contributed by atoms with Crippen LogP contribution in [-0.4, -0.2) is 17.4 Å². The van der Waals surface area contributed by atoms with Crippen LogP contribution < -0.4 is 5.32 Å². The van der Waals surface area contributed by atoms with E-state index in [4.69, 9.17) is 0 Å². The molecule has 1 N–H and O–H groups in total. The average Bonchev–Trinajstić information content (AvgIpc) is 2.17. The van der Waals surface area contributed by atoms with E-state index >= 15 is 0 Å². The highest BCUT2D eigenvalue weighted by Gasteiger charge is 2.40. The number of carbonyl (C=O) groups excluding carboxylic acids is 1. The second kappa shape index (κ2) is 4.65. The van der Waals surface area contributed by atoms with Gasteiger partial charge in [-0.05, 0) is 45.4 Å². The lowest BCUT2D eigenvalue weighted by atomic mass is 9.71. The number of carbonyl (C=O) groups is 1. The van der Waals surface area contributed by atoms with Crippen LogP contribution in [0.1, 0.15) is 59.8 Å². The zero-order chi connectivity index (χ0) is 11.5. The molecule has 0 amide bonds. The third-order valence-corrected chi connectivity index (χ3v) is 4.07. The molecule has 0 saturated carbocycles. The van der Waals surface area contributed by atoms with Crippen LogP contribution in [0.4, 0.5) is 0 Å². The van der Waals surface area contributed by atoms with Gasteiger partial charge in [0.25, 0.3) is 0 Å². The molecule has 1 heterocycles. The lowest BCUT2D eigenvalue weighted by Crippen LogP contribution is -2.60. The van der Waals surface area contributed by atoms with E-state index in [9.17, 15) is 4.79 Å². The zero-order valence-electron chi connectivity index (χ0n) is 10.6. The van der Waals surface area contributed by atoms with Crippen molar-refractivity contribution in [3.63, 3.8) is 0 Å². The van der Waals surface area contributed by atoms with Gasteiger partial charge >= 0.3 is 0 Å². The summed E-state index contributed by atoms with van der Waals surface area (Å²) in [5.74, 6) is 0.568. The van der Waals surface area contributed by atoms with Crippen LogP contribution >= 0.6 is 0 Å². The molecule has 0 aromatic carbocycles. The molecule has 15 heavy (non-hydrogen) atoms. The second-order valence-corrected chi connectivity index (χ2v) is 5.63. The van der Waals surface area contributed by atoms with Gasteiger partial charge < -0.3 is 10.1 Å². The predicted octanol–water partition coefficient (Wildman–Crippen LogP) is 2.91. The van der Waals surface area contributed by atoms with Gasteiger partial charge in [-0.2, -0.15) is 0 Å². The van der Waals surface area contributed by atoms with Crippen LogP contribution in [0.5, 0.6) is 0 Å². The van der Waals surface area contributed by atoms with Crippen molar-refractivity contribution >= 4 is 6.29 Å². The molecule has 1 saturated heterocycles. The molecule has 1 aliphatic heterocycles. The van der Waals surface area contributed by atoms with Gasteiger partial charge in [-0.1, -0.05) is 13.8 Å². The van der Waals surface area contributed by atoms with E-state index < -0.39 is 0 Å². The summed E-state index contributed by atoms with van der Waals surface area (Å²) in [6.07, 6.45) is 6.36. The maximum atomic E-state index is 10.7.